The summed E-state index contributed by atoms with van der Waals surface area (Å²) in [7, 11) is 0. The number of hydrogen-bond donors (Lipinski definition) is 0. The van der Waals surface area contributed by atoms with Gasteiger partial charge in [-0.15, -0.1) is 10.2 Å². The standard InChI is InChI=1S/C29H27F4N7O3/c30-23-10-24-25(9-22(23)17-3-1-7-34-11-17)40(20-4-2-8-38(14-20)21-15-42-16-21)28(41)39(24)13-19-6-5-18(12-35-19)26-36-37-27(43-26)29(31,32)33/h1,3,5,7,9-12,19-21H,2,4,6,8,13-16H2. The van der Waals surface area contributed by atoms with E-state index in [0.29, 0.717) is 54.4 Å². The lowest BCUT2D eigenvalue weighted by molar-refractivity contribution is -0.157. The van der Waals surface area contributed by atoms with Crippen molar-refractivity contribution in [2.75, 3.05) is 26.3 Å². The van der Waals surface area contributed by atoms with E-state index in [4.69, 9.17) is 9.15 Å². The number of hydrogen-bond acceptors (Lipinski definition) is 8. The average Bonchev–Trinajstić information content (AvgIpc) is 3.57. The van der Waals surface area contributed by atoms with E-state index in [1.807, 2.05) is 0 Å². The second kappa shape index (κ2) is 10.8. The van der Waals surface area contributed by atoms with Crippen LogP contribution in [0, 0.1) is 5.82 Å². The van der Waals surface area contributed by atoms with E-state index in [1.54, 1.807) is 45.8 Å². The van der Waals surface area contributed by atoms with Gasteiger partial charge in [0.1, 0.15) is 5.82 Å². The zero-order valence-corrected chi connectivity index (χ0v) is 22.9. The monoisotopic (exact) mass is 597 g/mol. The van der Waals surface area contributed by atoms with Gasteiger partial charge in [0, 0.05) is 42.3 Å². The lowest BCUT2D eigenvalue weighted by atomic mass is 10.0. The van der Waals surface area contributed by atoms with E-state index in [-0.39, 0.29) is 29.7 Å². The lowest BCUT2D eigenvalue weighted by Crippen LogP contribution is -2.53. The van der Waals surface area contributed by atoms with Crippen LogP contribution in [0.5, 0.6) is 0 Å². The van der Waals surface area contributed by atoms with Crippen molar-refractivity contribution in [2.45, 2.75) is 50.1 Å². The van der Waals surface area contributed by atoms with Crippen LogP contribution in [0.15, 0.2) is 56.9 Å². The number of benzene rings is 1. The summed E-state index contributed by atoms with van der Waals surface area (Å²) in [4.78, 5) is 25.1. The van der Waals surface area contributed by atoms with Crippen molar-refractivity contribution in [3.8, 4) is 11.1 Å². The molecule has 224 valence electrons. The van der Waals surface area contributed by atoms with Crippen molar-refractivity contribution in [3.05, 3.63) is 70.8 Å². The molecule has 0 spiro atoms. The molecule has 2 atom stereocenters. The fourth-order valence-corrected chi connectivity index (χ4v) is 6.02. The first-order valence-corrected chi connectivity index (χ1v) is 14.1. The summed E-state index contributed by atoms with van der Waals surface area (Å²) in [5, 5.41) is 6.55. The molecule has 2 saturated heterocycles. The van der Waals surface area contributed by atoms with Crippen LogP contribution in [0.3, 0.4) is 0 Å². The van der Waals surface area contributed by atoms with Gasteiger partial charge in [-0.3, -0.25) is 24.0 Å². The molecule has 2 fully saturated rings. The van der Waals surface area contributed by atoms with Crippen LogP contribution in [-0.4, -0.2) is 73.8 Å². The predicted octanol–water partition coefficient (Wildman–Crippen LogP) is 4.37. The minimum Gasteiger partial charge on any atom is -0.413 e. The molecule has 0 aliphatic carbocycles. The summed E-state index contributed by atoms with van der Waals surface area (Å²) in [5.41, 5.74) is 2.05. The molecule has 2 unspecified atom stereocenters. The van der Waals surface area contributed by atoms with E-state index in [2.05, 4.69) is 25.1 Å². The van der Waals surface area contributed by atoms with Gasteiger partial charge in [-0.05, 0) is 37.9 Å². The zero-order valence-electron chi connectivity index (χ0n) is 22.9. The second-order valence-electron chi connectivity index (χ2n) is 11.0. The highest BCUT2D eigenvalue weighted by atomic mass is 19.4. The minimum atomic E-state index is -4.75. The number of aromatic nitrogens is 5. The van der Waals surface area contributed by atoms with Crippen LogP contribution in [0.4, 0.5) is 17.6 Å². The van der Waals surface area contributed by atoms with Gasteiger partial charge < -0.3 is 9.15 Å². The highest BCUT2D eigenvalue weighted by Crippen LogP contribution is 2.33. The SMILES string of the molecule is O=c1n(CC2CC=C(c3nnc(C(F)(F)F)o3)C=N2)c2cc(F)c(-c3cccnc3)cc2n1C1CCCN(C2COC2)C1. The minimum absolute atomic E-state index is 0.112. The highest BCUT2D eigenvalue weighted by Gasteiger charge is 2.38. The molecule has 1 aromatic carbocycles. The van der Waals surface area contributed by atoms with Crippen molar-refractivity contribution in [3.63, 3.8) is 0 Å². The molecule has 0 N–H and O–H groups in total. The van der Waals surface area contributed by atoms with Gasteiger partial charge in [-0.25, -0.2) is 9.18 Å². The Labute approximate surface area is 242 Å². The van der Waals surface area contributed by atoms with Gasteiger partial charge in [0.15, 0.2) is 0 Å². The predicted molar refractivity (Wildman–Crippen MR) is 148 cm³/mol. The van der Waals surface area contributed by atoms with Gasteiger partial charge in [-0.1, -0.05) is 12.1 Å². The van der Waals surface area contributed by atoms with Gasteiger partial charge >= 0.3 is 17.8 Å². The van der Waals surface area contributed by atoms with Gasteiger partial charge in [0.25, 0.3) is 0 Å². The fourth-order valence-electron chi connectivity index (χ4n) is 6.02. The molecular formula is C29H27F4N7O3. The van der Waals surface area contributed by atoms with E-state index in [1.165, 1.54) is 12.3 Å². The zero-order chi connectivity index (χ0) is 29.7. The molecule has 3 aliphatic rings. The van der Waals surface area contributed by atoms with Crippen molar-refractivity contribution in [1.29, 1.82) is 0 Å². The molecule has 43 heavy (non-hydrogen) atoms. The van der Waals surface area contributed by atoms with Gasteiger partial charge in [0.2, 0.25) is 5.89 Å². The van der Waals surface area contributed by atoms with Crippen LogP contribution in [0.2, 0.25) is 0 Å². The van der Waals surface area contributed by atoms with Crippen LogP contribution in [0.25, 0.3) is 27.7 Å². The van der Waals surface area contributed by atoms with Crippen LogP contribution in [0.1, 0.15) is 37.1 Å². The Hall–Kier alpha value is -4.17. The van der Waals surface area contributed by atoms with Gasteiger partial charge in [0.05, 0.1) is 54.5 Å². The first-order chi connectivity index (χ1) is 20.8. The molecule has 4 aromatic rings. The maximum atomic E-state index is 15.6. The third kappa shape index (κ3) is 5.18. The molecule has 0 radical (unpaired) electrons. The maximum absolute atomic E-state index is 15.6. The highest BCUT2D eigenvalue weighted by molar-refractivity contribution is 6.08. The number of allylic oxidation sites excluding steroid dienone is 1. The number of piperidine rings is 1. The van der Waals surface area contributed by atoms with E-state index < -0.39 is 23.9 Å². The van der Waals surface area contributed by atoms with E-state index >= 15 is 4.39 Å². The molecule has 6 heterocycles. The molecule has 0 saturated carbocycles. The number of fused-ring (bicyclic) bond motifs is 1. The first-order valence-electron chi connectivity index (χ1n) is 14.1. The number of halogens is 4. The molecule has 0 amide bonds. The Kier molecular flexibility index (Phi) is 6.96. The average molecular weight is 598 g/mol. The smallest absolute Gasteiger partial charge is 0.413 e. The molecule has 7 rings (SSSR count). The number of aliphatic imine (C=N–C) groups is 1. The maximum Gasteiger partial charge on any atom is 0.470 e. The molecule has 14 heteroatoms. The number of nitrogens with zero attached hydrogens (tertiary/aromatic N) is 7. The number of dihydropyridines is 1. The van der Waals surface area contributed by atoms with E-state index in [9.17, 15) is 18.0 Å². The number of likely N-dealkylation sites (tertiary alicyclic amines) is 1. The number of imidazole rings is 1. The third-order valence-corrected chi connectivity index (χ3v) is 8.30. The Bertz CT molecular complexity index is 1770. The summed E-state index contributed by atoms with van der Waals surface area (Å²) in [6.07, 6.45) is 3.51. The Morgan fingerprint density at radius 1 is 1.09 bits per heavy atom. The molecule has 3 aliphatic heterocycles. The Balaban J connectivity index is 1.23. The molecule has 0 bridgehead atoms. The third-order valence-electron chi connectivity index (χ3n) is 8.30. The van der Waals surface area contributed by atoms with Crippen molar-refractivity contribution < 1.29 is 26.7 Å². The topological polar surface area (TPSA) is 104 Å². The number of ether oxygens (including phenoxy) is 1. The summed E-state index contributed by atoms with van der Waals surface area (Å²) in [5.74, 6) is -2.20. The van der Waals surface area contributed by atoms with E-state index in [0.717, 1.165) is 19.4 Å². The van der Waals surface area contributed by atoms with Crippen LogP contribution < -0.4 is 5.69 Å². The fraction of sp³-hybridized carbons (Fsp3) is 0.414. The van der Waals surface area contributed by atoms with Crippen molar-refractivity contribution >= 4 is 22.8 Å². The van der Waals surface area contributed by atoms with Crippen molar-refractivity contribution in [1.82, 2.24) is 29.2 Å². The second-order valence-corrected chi connectivity index (χ2v) is 11.0. The van der Waals surface area contributed by atoms with Crippen LogP contribution >= 0.6 is 0 Å². The quantitative estimate of drug-likeness (QED) is 0.304. The summed E-state index contributed by atoms with van der Waals surface area (Å²) >= 11 is 0. The normalized spacial score (nSPS) is 21.7. The molecule has 10 nitrogen and oxygen atoms in total. The Morgan fingerprint density at radius 3 is 2.63 bits per heavy atom. The van der Waals surface area contributed by atoms with Crippen LogP contribution in [-0.2, 0) is 17.5 Å². The first kappa shape index (κ1) is 27.7. The molecular weight excluding hydrogens is 570 g/mol. The summed E-state index contributed by atoms with van der Waals surface area (Å²) < 4.78 is 67.7. The lowest BCUT2D eigenvalue weighted by Gasteiger charge is -2.42. The van der Waals surface area contributed by atoms with Crippen molar-refractivity contribution in [2.24, 2.45) is 4.99 Å². The largest absolute Gasteiger partial charge is 0.470 e. The number of alkyl halides is 3. The number of rotatable bonds is 6. The van der Waals surface area contributed by atoms with Gasteiger partial charge in [-0.2, -0.15) is 13.2 Å². The Morgan fingerprint density at radius 2 is 1.95 bits per heavy atom. The number of pyridine rings is 1. The molecule has 3 aromatic heterocycles. The summed E-state index contributed by atoms with van der Waals surface area (Å²) in [6, 6.07) is 6.43. The summed E-state index contributed by atoms with van der Waals surface area (Å²) in [6.45, 7) is 3.12.